The van der Waals surface area contributed by atoms with E-state index in [4.69, 9.17) is 11.6 Å². The molecular formula is C11H7BrClF3N2. The molecule has 7 heteroatoms. The molecule has 0 bridgehead atoms. The van der Waals surface area contributed by atoms with Gasteiger partial charge in [0.1, 0.15) is 0 Å². The Morgan fingerprint density at radius 2 is 2.00 bits per heavy atom. The zero-order chi connectivity index (χ0) is 13.3. The first kappa shape index (κ1) is 13.4. The monoisotopic (exact) mass is 338 g/mol. The quantitative estimate of drug-likeness (QED) is 0.740. The Morgan fingerprint density at radius 1 is 1.28 bits per heavy atom. The van der Waals surface area contributed by atoms with Crippen LogP contribution in [0.5, 0.6) is 0 Å². The Balaban J connectivity index is 2.50. The first-order chi connectivity index (χ1) is 8.43. The van der Waals surface area contributed by atoms with E-state index in [0.717, 1.165) is 6.07 Å². The average Bonchev–Trinajstić information content (AvgIpc) is 2.77. The van der Waals surface area contributed by atoms with E-state index in [-0.39, 0.29) is 0 Å². The van der Waals surface area contributed by atoms with Gasteiger partial charge in [-0.05, 0) is 18.2 Å². The van der Waals surface area contributed by atoms with E-state index >= 15 is 0 Å². The summed E-state index contributed by atoms with van der Waals surface area (Å²) in [5, 5.41) is 4.43. The standard InChI is InChI=1S/C11H7BrClF3N2/c12-6-7-8(13)2-1-3-9(7)18-5-4-10(17-18)11(14,15)16/h1-5H,6H2. The SMILES string of the molecule is FC(F)(F)c1ccn(-c2cccc(Cl)c2CBr)n1. The van der Waals surface area contributed by atoms with Gasteiger partial charge in [-0.25, -0.2) is 4.68 Å². The zero-order valence-corrected chi connectivity index (χ0v) is 11.2. The second kappa shape index (κ2) is 4.93. The lowest BCUT2D eigenvalue weighted by atomic mass is 10.2. The van der Waals surface area contributed by atoms with Gasteiger partial charge in [-0.1, -0.05) is 33.6 Å². The summed E-state index contributed by atoms with van der Waals surface area (Å²) in [6.45, 7) is 0. The van der Waals surface area contributed by atoms with Crippen LogP contribution in [0, 0.1) is 0 Å². The lowest BCUT2D eigenvalue weighted by Gasteiger charge is -2.09. The fourth-order valence-electron chi connectivity index (χ4n) is 1.50. The topological polar surface area (TPSA) is 17.8 Å². The van der Waals surface area contributed by atoms with Crippen molar-refractivity contribution < 1.29 is 13.2 Å². The van der Waals surface area contributed by atoms with Gasteiger partial charge in [-0.2, -0.15) is 18.3 Å². The lowest BCUT2D eigenvalue weighted by Crippen LogP contribution is -2.08. The minimum atomic E-state index is -4.45. The number of alkyl halides is 4. The highest BCUT2D eigenvalue weighted by Crippen LogP contribution is 2.30. The molecule has 2 aromatic rings. The number of aromatic nitrogens is 2. The largest absolute Gasteiger partial charge is 0.435 e. The molecule has 0 unspecified atom stereocenters. The Hall–Kier alpha value is -1.01. The number of halogens is 5. The van der Waals surface area contributed by atoms with Crippen molar-refractivity contribution in [3.8, 4) is 5.69 Å². The van der Waals surface area contributed by atoms with Crippen molar-refractivity contribution in [2.75, 3.05) is 0 Å². The van der Waals surface area contributed by atoms with E-state index in [1.807, 2.05) is 0 Å². The van der Waals surface area contributed by atoms with Crippen LogP contribution in [-0.4, -0.2) is 9.78 Å². The predicted molar refractivity (Wildman–Crippen MR) is 66.2 cm³/mol. The van der Waals surface area contributed by atoms with Crippen LogP contribution in [0.4, 0.5) is 13.2 Å². The molecule has 0 amide bonds. The van der Waals surface area contributed by atoms with E-state index in [0.29, 0.717) is 21.6 Å². The second-order valence-corrected chi connectivity index (χ2v) is 4.48. The Labute approximate surface area is 114 Å². The Morgan fingerprint density at radius 3 is 2.56 bits per heavy atom. The van der Waals surface area contributed by atoms with Crippen LogP contribution < -0.4 is 0 Å². The van der Waals surface area contributed by atoms with Crippen molar-refractivity contribution in [2.45, 2.75) is 11.5 Å². The van der Waals surface area contributed by atoms with Gasteiger partial charge in [-0.15, -0.1) is 0 Å². The highest BCUT2D eigenvalue weighted by molar-refractivity contribution is 9.08. The molecule has 1 aromatic carbocycles. The fourth-order valence-corrected chi connectivity index (χ4v) is 2.49. The maximum Gasteiger partial charge on any atom is 0.435 e. The number of hydrogen-bond acceptors (Lipinski definition) is 1. The van der Waals surface area contributed by atoms with Gasteiger partial charge >= 0.3 is 6.18 Å². The number of nitrogens with zero attached hydrogens (tertiary/aromatic N) is 2. The lowest BCUT2D eigenvalue weighted by molar-refractivity contribution is -0.141. The molecule has 2 nitrogen and oxygen atoms in total. The minimum Gasteiger partial charge on any atom is -0.240 e. The summed E-state index contributed by atoms with van der Waals surface area (Å²) in [4.78, 5) is 0. The molecule has 1 aromatic heterocycles. The van der Waals surface area contributed by atoms with Gasteiger partial charge in [0.15, 0.2) is 5.69 Å². The van der Waals surface area contributed by atoms with Crippen molar-refractivity contribution in [3.05, 3.63) is 46.7 Å². The van der Waals surface area contributed by atoms with Crippen molar-refractivity contribution in [2.24, 2.45) is 0 Å². The molecule has 0 saturated carbocycles. The molecule has 0 N–H and O–H groups in total. The maximum atomic E-state index is 12.5. The second-order valence-electron chi connectivity index (χ2n) is 3.51. The van der Waals surface area contributed by atoms with Gasteiger partial charge < -0.3 is 0 Å². The van der Waals surface area contributed by atoms with Crippen molar-refractivity contribution in [1.82, 2.24) is 9.78 Å². The van der Waals surface area contributed by atoms with Crippen LogP contribution in [0.25, 0.3) is 5.69 Å². The van der Waals surface area contributed by atoms with Gasteiger partial charge in [0.05, 0.1) is 5.69 Å². The third-order valence-corrected chi connectivity index (χ3v) is 3.27. The molecule has 1 heterocycles. The molecule has 96 valence electrons. The fraction of sp³-hybridized carbons (Fsp3) is 0.182. The smallest absolute Gasteiger partial charge is 0.240 e. The van der Waals surface area contributed by atoms with Crippen LogP contribution in [-0.2, 0) is 11.5 Å². The summed E-state index contributed by atoms with van der Waals surface area (Å²) in [5.74, 6) is 0. The van der Waals surface area contributed by atoms with Crippen LogP contribution in [0.1, 0.15) is 11.3 Å². The summed E-state index contributed by atoms with van der Waals surface area (Å²) in [6, 6.07) is 5.93. The van der Waals surface area contributed by atoms with E-state index in [2.05, 4.69) is 21.0 Å². The van der Waals surface area contributed by atoms with Crippen molar-refractivity contribution in [1.29, 1.82) is 0 Å². The van der Waals surface area contributed by atoms with Gasteiger partial charge in [0.25, 0.3) is 0 Å². The van der Waals surface area contributed by atoms with Gasteiger partial charge in [-0.3, -0.25) is 0 Å². The van der Waals surface area contributed by atoms with Crippen molar-refractivity contribution in [3.63, 3.8) is 0 Å². The van der Waals surface area contributed by atoms with Gasteiger partial charge in [0.2, 0.25) is 0 Å². The molecule has 0 saturated heterocycles. The van der Waals surface area contributed by atoms with E-state index in [1.54, 1.807) is 18.2 Å². The molecule has 0 fully saturated rings. The molecule has 0 spiro atoms. The van der Waals surface area contributed by atoms with Crippen LogP contribution in [0.3, 0.4) is 0 Å². The Bertz CT molecular complexity index is 566. The number of rotatable bonds is 2. The summed E-state index contributed by atoms with van der Waals surface area (Å²) < 4.78 is 38.6. The molecule has 0 aliphatic rings. The normalized spacial score (nSPS) is 11.8. The molecule has 0 aliphatic heterocycles. The Kier molecular flexibility index (Phi) is 3.68. The van der Waals surface area contributed by atoms with Crippen LogP contribution in [0.2, 0.25) is 5.02 Å². The third kappa shape index (κ3) is 2.54. The molecule has 0 radical (unpaired) electrons. The van der Waals surface area contributed by atoms with E-state index in [9.17, 15) is 13.2 Å². The highest BCUT2D eigenvalue weighted by atomic mass is 79.9. The number of benzene rings is 1. The minimum absolute atomic E-state index is 0.434. The summed E-state index contributed by atoms with van der Waals surface area (Å²) in [5.41, 5.74) is 0.286. The molecule has 18 heavy (non-hydrogen) atoms. The first-order valence-corrected chi connectivity index (χ1v) is 6.40. The highest BCUT2D eigenvalue weighted by Gasteiger charge is 2.33. The maximum absolute atomic E-state index is 12.5. The van der Waals surface area contributed by atoms with Crippen LogP contribution >= 0.6 is 27.5 Å². The summed E-state index contributed by atoms with van der Waals surface area (Å²) in [6.07, 6.45) is -3.18. The number of hydrogen-bond donors (Lipinski definition) is 0. The first-order valence-electron chi connectivity index (χ1n) is 4.90. The predicted octanol–water partition coefficient (Wildman–Crippen LogP) is 4.44. The molecular weight excluding hydrogens is 332 g/mol. The molecule has 0 atom stereocenters. The van der Waals surface area contributed by atoms with Crippen molar-refractivity contribution >= 4 is 27.5 Å². The van der Waals surface area contributed by atoms with E-state index in [1.165, 1.54) is 10.9 Å². The zero-order valence-electron chi connectivity index (χ0n) is 8.88. The van der Waals surface area contributed by atoms with E-state index < -0.39 is 11.9 Å². The average molecular weight is 340 g/mol. The summed E-state index contributed by atoms with van der Waals surface area (Å²) >= 11 is 9.24. The molecule has 2 rings (SSSR count). The van der Waals surface area contributed by atoms with Crippen LogP contribution in [0.15, 0.2) is 30.5 Å². The van der Waals surface area contributed by atoms with Gasteiger partial charge in [0, 0.05) is 22.1 Å². The summed E-state index contributed by atoms with van der Waals surface area (Å²) in [7, 11) is 0. The molecule has 0 aliphatic carbocycles. The third-order valence-electron chi connectivity index (χ3n) is 2.35.